The molecule has 0 aliphatic heterocycles. The number of rotatable bonds is 4. The number of benzene rings is 1. The second-order valence-corrected chi connectivity index (χ2v) is 7.88. The quantitative estimate of drug-likeness (QED) is 0.755. The predicted molar refractivity (Wildman–Crippen MR) is 97.2 cm³/mol. The van der Waals surface area contributed by atoms with Crippen molar-refractivity contribution >= 4 is 5.71 Å². The number of fused-ring (bicyclic) bond motifs is 1. The van der Waals surface area contributed by atoms with Gasteiger partial charge in [0.1, 0.15) is 0 Å². The van der Waals surface area contributed by atoms with Crippen LogP contribution in [0.25, 0.3) is 0 Å². The lowest BCUT2D eigenvalue weighted by molar-refractivity contribution is 0.0468. The highest BCUT2D eigenvalue weighted by Gasteiger charge is 2.45. The summed E-state index contributed by atoms with van der Waals surface area (Å²) in [5, 5.41) is 9.25. The van der Waals surface area contributed by atoms with Crippen LogP contribution in [0, 0.1) is 22.8 Å². The van der Waals surface area contributed by atoms with Crippen LogP contribution in [-0.4, -0.2) is 18.9 Å². The molecule has 1 aromatic rings. The van der Waals surface area contributed by atoms with Gasteiger partial charge in [0.05, 0.1) is 11.8 Å². The average Bonchev–Trinajstić information content (AvgIpc) is 2.87. The van der Waals surface area contributed by atoms with Gasteiger partial charge in [-0.3, -0.25) is 0 Å². The maximum Gasteiger partial charge on any atom is 0.205 e. The molecule has 1 spiro atoms. The SMILES string of the molecule is COC1CCC2(CC1)Cc1ccc(CCC(C)C)cc1C2=NC#N. The minimum absolute atomic E-state index is 0.0593. The number of ether oxygens (including phenoxy) is 1. The smallest absolute Gasteiger partial charge is 0.205 e. The molecule has 128 valence electrons. The van der Waals surface area contributed by atoms with Gasteiger partial charge in [-0.1, -0.05) is 26.0 Å². The molecule has 0 unspecified atom stereocenters. The van der Waals surface area contributed by atoms with Crippen LogP contribution < -0.4 is 0 Å². The van der Waals surface area contributed by atoms with E-state index in [0.717, 1.165) is 44.2 Å². The zero-order valence-corrected chi connectivity index (χ0v) is 15.1. The molecule has 0 heterocycles. The molecular weight excluding hydrogens is 296 g/mol. The standard InChI is InChI=1S/C21H28N2O/c1-15(2)4-5-16-6-7-17-13-21(10-8-18(24-3)9-11-21)20(23-14-22)19(17)12-16/h6-7,12,15,18H,4-5,8-11,13H2,1-3H3. The van der Waals surface area contributed by atoms with Crippen LogP contribution in [0.3, 0.4) is 0 Å². The summed E-state index contributed by atoms with van der Waals surface area (Å²) >= 11 is 0. The molecule has 0 bridgehead atoms. The zero-order valence-electron chi connectivity index (χ0n) is 15.1. The molecule has 3 heteroatoms. The molecule has 3 rings (SSSR count). The first kappa shape index (κ1) is 17.2. The molecule has 3 nitrogen and oxygen atoms in total. The first-order valence-electron chi connectivity index (χ1n) is 9.20. The summed E-state index contributed by atoms with van der Waals surface area (Å²) in [6.45, 7) is 4.53. The van der Waals surface area contributed by atoms with Crippen molar-refractivity contribution in [3.63, 3.8) is 0 Å². The zero-order chi connectivity index (χ0) is 17.2. The first-order valence-corrected chi connectivity index (χ1v) is 9.20. The third kappa shape index (κ3) is 3.26. The Morgan fingerprint density at radius 3 is 2.71 bits per heavy atom. The fourth-order valence-corrected chi connectivity index (χ4v) is 4.37. The van der Waals surface area contributed by atoms with Gasteiger partial charge in [-0.15, -0.1) is 0 Å². The van der Waals surface area contributed by atoms with Crippen molar-refractivity contribution in [3.8, 4) is 6.19 Å². The molecule has 0 radical (unpaired) electrons. The van der Waals surface area contributed by atoms with Gasteiger partial charge in [0.25, 0.3) is 0 Å². The van der Waals surface area contributed by atoms with E-state index in [2.05, 4.69) is 43.2 Å². The van der Waals surface area contributed by atoms with E-state index in [1.807, 2.05) is 0 Å². The Balaban J connectivity index is 1.88. The number of methoxy groups -OCH3 is 1. The van der Waals surface area contributed by atoms with E-state index < -0.39 is 0 Å². The minimum Gasteiger partial charge on any atom is -0.381 e. The summed E-state index contributed by atoms with van der Waals surface area (Å²) < 4.78 is 5.53. The van der Waals surface area contributed by atoms with Crippen LogP contribution in [0.2, 0.25) is 0 Å². The van der Waals surface area contributed by atoms with E-state index in [9.17, 15) is 5.26 Å². The third-order valence-corrected chi connectivity index (χ3v) is 5.86. The second kappa shape index (κ2) is 7.07. The van der Waals surface area contributed by atoms with Gasteiger partial charge in [0.15, 0.2) is 0 Å². The number of hydrogen-bond acceptors (Lipinski definition) is 3. The van der Waals surface area contributed by atoms with E-state index in [-0.39, 0.29) is 5.41 Å². The lowest BCUT2D eigenvalue weighted by Gasteiger charge is -2.36. The lowest BCUT2D eigenvalue weighted by atomic mass is 9.70. The van der Waals surface area contributed by atoms with Gasteiger partial charge < -0.3 is 4.74 Å². The molecule has 2 aliphatic rings. The van der Waals surface area contributed by atoms with Crippen LogP contribution in [0.5, 0.6) is 0 Å². The topological polar surface area (TPSA) is 45.4 Å². The fourth-order valence-electron chi connectivity index (χ4n) is 4.37. The normalized spacial score (nSPS) is 27.6. The Hall–Kier alpha value is -1.66. The van der Waals surface area contributed by atoms with Gasteiger partial charge in [-0.2, -0.15) is 10.3 Å². The summed E-state index contributed by atoms with van der Waals surface area (Å²) in [5.41, 5.74) is 5.07. The van der Waals surface area contributed by atoms with Crippen molar-refractivity contribution in [2.75, 3.05) is 7.11 Å². The predicted octanol–water partition coefficient (Wildman–Crippen LogP) is 4.68. The second-order valence-electron chi connectivity index (χ2n) is 7.88. The van der Waals surface area contributed by atoms with Crippen molar-refractivity contribution < 1.29 is 4.74 Å². The van der Waals surface area contributed by atoms with E-state index in [1.165, 1.54) is 23.1 Å². The molecule has 1 aromatic carbocycles. The van der Waals surface area contributed by atoms with E-state index >= 15 is 0 Å². The Kier molecular flexibility index (Phi) is 5.06. The number of hydrogen-bond donors (Lipinski definition) is 0. The van der Waals surface area contributed by atoms with Gasteiger partial charge in [-0.25, -0.2) is 0 Å². The largest absolute Gasteiger partial charge is 0.381 e. The monoisotopic (exact) mass is 324 g/mol. The minimum atomic E-state index is 0.0593. The third-order valence-electron chi connectivity index (χ3n) is 5.86. The average molecular weight is 324 g/mol. The van der Waals surface area contributed by atoms with Crippen molar-refractivity contribution in [1.29, 1.82) is 5.26 Å². The molecular formula is C21H28N2O. The molecule has 1 saturated carbocycles. The molecule has 0 aromatic heterocycles. The van der Waals surface area contributed by atoms with Crippen molar-refractivity contribution in [2.45, 2.75) is 64.9 Å². The molecule has 0 N–H and O–H groups in total. The Morgan fingerprint density at radius 1 is 1.33 bits per heavy atom. The highest BCUT2D eigenvalue weighted by Crippen LogP contribution is 2.48. The van der Waals surface area contributed by atoms with E-state index in [0.29, 0.717) is 12.0 Å². The van der Waals surface area contributed by atoms with Crippen LogP contribution in [0.15, 0.2) is 23.2 Å². The van der Waals surface area contributed by atoms with Gasteiger partial charge in [-0.05, 0) is 68.1 Å². The van der Waals surface area contributed by atoms with E-state index in [1.54, 1.807) is 7.11 Å². The molecule has 1 fully saturated rings. The van der Waals surface area contributed by atoms with Crippen molar-refractivity contribution in [3.05, 3.63) is 34.9 Å². The summed E-state index contributed by atoms with van der Waals surface area (Å²) in [5.74, 6) is 0.709. The molecule has 0 amide bonds. The van der Waals surface area contributed by atoms with Crippen molar-refractivity contribution in [1.82, 2.24) is 0 Å². The Bertz CT molecular complexity index is 661. The Morgan fingerprint density at radius 2 is 2.08 bits per heavy atom. The summed E-state index contributed by atoms with van der Waals surface area (Å²) in [6, 6.07) is 6.84. The van der Waals surface area contributed by atoms with Gasteiger partial charge in [0, 0.05) is 18.1 Å². The molecule has 0 atom stereocenters. The van der Waals surface area contributed by atoms with Crippen LogP contribution in [0.1, 0.15) is 62.6 Å². The van der Waals surface area contributed by atoms with Crippen LogP contribution >= 0.6 is 0 Å². The van der Waals surface area contributed by atoms with E-state index in [4.69, 9.17) is 4.74 Å². The lowest BCUT2D eigenvalue weighted by Crippen LogP contribution is -2.35. The van der Waals surface area contributed by atoms with Crippen LogP contribution in [0.4, 0.5) is 0 Å². The number of nitrogens with zero attached hydrogens (tertiary/aromatic N) is 2. The Labute approximate surface area is 145 Å². The summed E-state index contributed by atoms with van der Waals surface area (Å²) in [7, 11) is 1.80. The summed E-state index contributed by atoms with van der Waals surface area (Å²) in [6.07, 6.45) is 10.0. The summed E-state index contributed by atoms with van der Waals surface area (Å²) in [4.78, 5) is 4.31. The fraction of sp³-hybridized carbons (Fsp3) is 0.619. The van der Waals surface area contributed by atoms with Gasteiger partial charge >= 0.3 is 0 Å². The highest BCUT2D eigenvalue weighted by molar-refractivity contribution is 6.09. The van der Waals surface area contributed by atoms with Gasteiger partial charge in [0.2, 0.25) is 6.19 Å². The first-order chi connectivity index (χ1) is 11.6. The maximum absolute atomic E-state index is 9.25. The van der Waals surface area contributed by atoms with Crippen molar-refractivity contribution in [2.24, 2.45) is 16.3 Å². The number of aryl methyl sites for hydroxylation is 1. The molecule has 2 aliphatic carbocycles. The molecule has 0 saturated heterocycles. The van der Waals surface area contributed by atoms with Crippen LogP contribution in [-0.2, 0) is 17.6 Å². The maximum atomic E-state index is 9.25. The molecule has 24 heavy (non-hydrogen) atoms. The number of nitriles is 1. The number of aliphatic imine (C=N–C) groups is 1. The highest BCUT2D eigenvalue weighted by atomic mass is 16.5.